The predicted molar refractivity (Wildman–Crippen MR) is 120 cm³/mol. The molecule has 1 fully saturated rings. The number of aliphatic hydroxyl groups excluding tert-OH is 1. The maximum Gasteiger partial charge on any atom is 0.296 e. The molecule has 168 valence electrons. The fraction of sp³-hybridized carbons (Fsp3) is 0.167. The molecule has 9 heteroatoms. The smallest absolute Gasteiger partial charge is 0.296 e. The minimum absolute atomic E-state index is 0.0130. The van der Waals surface area contributed by atoms with Crippen LogP contribution in [0.1, 0.15) is 22.9 Å². The summed E-state index contributed by atoms with van der Waals surface area (Å²) in [4.78, 5) is 27.5. The third kappa shape index (κ3) is 3.83. The van der Waals surface area contributed by atoms with Gasteiger partial charge in [0.15, 0.2) is 11.5 Å². The summed E-state index contributed by atoms with van der Waals surface area (Å²) in [6.07, 6.45) is 1.48. The van der Waals surface area contributed by atoms with E-state index in [0.717, 1.165) is 0 Å². The Kier molecular flexibility index (Phi) is 5.52. The number of likely N-dealkylation sites (tertiary alicyclic amines) is 1. The molecule has 1 N–H and O–H groups in total. The van der Waals surface area contributed by atoms with Crippen LogP contribution in [0.4, 0.5) is 0 Å². The first kappa shape index (κ1) is 21.4. The molecule has 0 spiro atoms. The third-order valence-electron chi connectivity index (χ3n) is 5.52. The fourth-order valence-electron chi connectivity index (χ4n) is 4.01. The highest BCUT2D eigenvalue weighted by Gasteiger charge is 2.47. The van der Waals surface area contributed by atoms with Gasteiger partial charge in [-0.15, -0.1) is 0 Å². The van der Waals surface area contributed by atoms with Gasteiger partial charge in [0.25, 0.3) is 11.7 Å². The second kappa shape index (κ2) is 8.50. The molecule has 2 aliphatic heterocycles. The van der Waals surface area contributed by atoms with Gasteiger partial charge in [0.2, 0.25) is 0 Å². The molecule has 3 aromatic rings. The van der Waals surface area contributed by atoms with Crippen molar-refractivity contribution in [1.29, 1.82) is 0 Å². The Morgan fingerprint density at radius 2 is 1.82 bits per heavy atom. The van der Waals surface area contributed by atoms with Crippen LogP contribution in [-0.4, -0.2) is 34.9 Å². The van der Waals surface area contributed by atoms with Crippen molar-refractivity contribution in [1.82, 2.24) is 4.90 Å². The summed E-state index contributed by atoms with van der Waals surface area (Å²) in [5.41, 5.74) is 0.670. The van der Waals surface area contributed by atoms with Crippen LogP contribution in [0.3, 0.4) is 0 Å². The van der Waals surface area contributed by atoms with Crippen LogP contribution < -0.4 is 9.47 Å². The number of hydrogen-bond acceptors (Lipinski definition) is 6. The van der Waals surface area contributed by atoms with Crippen molar-refractivity contribution >= 4 is 40.7 Å². The fourth-order valence-corrected chi connectivity index (χ4v) is 4.52. The topological polar surface area (TPSA) is 89.2 Å². The molecule has 1 unspecified atom stereocenters. The molecule has 1 saturated heterocycles. The van der Waals surface area contributed by atoms with Gasteiger partial charge in [0, 0.05) is 15.6 Å². The quantitative estimate of drug-likeness (QED) is 0.318. The van der Waals surface area contributed by atoms with Crippen molar-refractivity contribution in [3.63, 3.8) is 0 Å². The van der Waals surface area contributed by atoms with Crippen molar-refractivity contribution in [2.24, 2.45) is 0 Å². The van der Waals surface area contributed by atoms with E-state index in [0.29, 0.717) is 46.6 Å². The molecule has 33 heavy (non-hydrogen) atoms. The molecule has 0 radical (unpaired) electrons. The summed E-state index contributed by atoms with van der Waals surface area (Å²) in [7, 11) is 0. The third-order valence-corrected chi connectivity index (χ3v) is 6.08. The molecule has 1 amide bonds. The molecule has 5 rings (SSSR count). The number of carbonyl (C=O) groups excluding carboxylic acids is 2. The first-order valence-corrected chi connectivity index (χ1v) is 10.9. The minimum atomic E-state index is -0.951. The van der Waals surface area contributed by atoms with Gasteiger partial charge in [-0.05, 0) is 48.0 Å². The number of Topliss-reactive ketones (excluding diaryl/α,β-unsaturated/α-hetero) is 1. The van der Waals surface area contributed by atoms with Gasteiger partial charge < -0.3 is 23.9 Å². The molecular weight excluding hydrogens is 469 g/mol. The number of carbonyl (C=O) groups is 2. The molecule has 0 saturated carbocycles. The van der Waals surface area contributed by atoms with Gasteiger partial charge in [-0.1, -0.05) is 29.3 Å². The van der Waals surface area contributed by atoms with E-state index in [1.807, 2.05) is 0 Å². The predicted octanol–water partition coefficient (Wildman–Crippen LogP) is 4.98. The zero-order valence-electron chi connectivity index (χ0n) is 17.1. The Morgan fingerprint density at radius 3 is 2.55 bits per heavy atom. The van der Waals surface area contributed by atoms with Crippen molar-refractivity contribution in [2.45, 2.75) is 12.6 Å². The number of halogens is 2. The Bertz CT molecular complexity index is 1280. The van der Waals surface area contributed by atoms with Crippen LogP contribution in [0.2, 0.25) is 10.0 Å². The number of hydrogen-bond donors (Lipinski definition) is 1. The summed E-state index contributed by atoms with van der Waals surface area (Å²) in [5, 5.41) is 11.9. The number of nitrogens with zero attached hydrogens (tertiary/aromatic N) is 1. The largest absolute Gasteiger partial charge is 0.507 e. The number of fused-ring (bicyclic) bond motifs is 1. The first-order valence-electron chi connectivity index (χ1n) is 10.1. The van der Waals surface area contributed by atoms with Gasteiger partial charge in [-0.25, -0.2) is 0 Å². The highest BCUT2D eigenvalue weighted by atomic mass is 35.5. The van der Waals surface area contributed by atoms with Crippen molar-refractivity contribution in [3.05, 3.63) is 87.3 Å². The summed E-state index contributed by atoms with van der Waals surface area (Å²) in [6.45, 7) is 0.801. The van der Waals surface area contributed by atoms with Gasteiger partial charge in [0.05, 0.1) is 24.4 Å². The molecule has 1 atom stereocenters. The lowest BCUT2D eigenvalue weighted by Crippen LogP contribution is -2.29. The summed E-state index contributed by atoms with van der Waals surface area (Å²) in [5.74, 6) is -0.495. The van der Waals surface area contributed by atoms with Gasteiger partial charge >= 0.3 is 0 Å². The Labute approximate surface area is 198 Å². The highest BCUT2D eigenvalue weighted by molar-refractivity contribution is 6.47. The first-order chi connectivity index (χ1) is 15.9. The Morgan fingerprint density at radius 1 is 1.03 bits per heavy atom. The lowest BCUT2D eigenvalue weighted by Gasteiger charge is -2.25. The normalized spacial score (nSPS) is 19.2. The summed E-state index contributed by atoms with van der Waals surface area (Å²) in [6, 6.07) is 12.0. The number of aliphatic hydroxyl groups is 1. The van der Waals surface area contributed by atoms with Crippen molar-refractivity contribution in [2.75, 3.05) is 13.2 Å². The van der Waals surface area contributed by atoms with Crippen LogP contribution in [0.5, 0.6) is 11.5 Å². The molecule has 3 heterocycles. The number of furan rings is 1. The number of ether oxygens (including phenoxy) is 2. The zero-order chi connectivity index (χ0) is 23.1. The van der Waals surface area contributed by atoms with E-state index in [2.05, 4.69) is 0 Å². The zero-order valence-corrected chi connectivity index (χ0v) is 18.6. The lowest BCUT2D eigenvalue weighted by molar-refractivity contribution is -0.140. The van der Waals surface area contributed by atoms with Crippen molar-refractivity contribution in [3.8, 4) is 11.5 Å². The molecular formula is C24H17Cl2NO6. The van der Waals surface area contributed by atoms with E-state index >= 15 is 0 Å². The van der Waals surface area contributed by atoms with Gasteiger partial charge in [0.1, 0.15) is 24.7 Å². The molecule has 1 aromatic heterocycles. The minimum Gasteiger partial charge on any atom is -0.507 e. The number of benzene rings is 2. The van der Waals surface area contributed by atoms with E-state index in [-0.39, 0.29) is 22.9 Å². The van der Waals surface area contributed by atoms with E-state index in [4.69, 9.17) is 37.1 Å². The SMILES string of the molecule is O=C1C(=O)N(Cc2ccco2)C(c2ccc(Cl)cc2Cl)C1=C(O)c1ccc2c(c1)OCCO2. The van der Waals surface area contributed by atoms with Gasteiger partial charge in [-0.3, -0.25) is 9.59 Å². The van der Waals surface area contributed by atoms with Crippen LogP contribution >= 0.6 is 23.2 Å². The maximum absolute atomic E-state index is 13.1. The number of amides is 1. The average Bonchev–Trinajstić information content (AvgIpc) is 3.41. The molecule has 2 aromatic carbocycles. The Hall–Kier alpha value is -3.42. The van der Waals surface area contributed by atoms with E-state index in [1.165, 1.54) is 17.2 Å². The number of ketones is 1. The van der Waals surface area contributed by atoms with Crippen LogP contribution in [0, 0.1) is 0 Å². The summed E-state index contributed by atoms with van der Waals surface area (Å²) < 4.78 is 16.5. The maximum atomic E-state index is 13.1. The van der Waals surface area contributed by atoms with E-state index in [9.17, 15) is 14.7 Å². The standard InChI is InChI=1S/C24H17Cl2NO6/c25-14-4-5-16(17(26)11-14)21-20(23(29)24(30)27(21)12-15-2-1-7-31-15)22(28)13-3-6-18-19(10-13)33-9-8-32-18/h1-7,10-11,21,28H,8-9,12H2. The lowest BCUT2D eigenvalue weighted by atomic mass is 9.95. The number of rotatable bonds is 4. The monoisotopic (exact) mass is 485 g/mol. The second-order valence-corrected chi connectivity index (χ2v) is 8.37. The average molecular weight is 486 g/mol. The van der Waals surface area contributed by atoms with Crippen LogP contribution in [0.15, 0.2) is 64.8 Å². The van der Waals surface area contributed by atoms with Crippen molar-refractivity contribution < 1.29 is 28.6 Å². The second-order valence-electron chi connectivity index (χ2n) is 7.53. The Balaban J connectivity index is 1.66. The molecule has 2 aliphatic rings. The molecule has 0 bridgehead atoms. The van der Waals surface area contributed by atoms with Crippen LogP contribution in [0.25, 0.3) is 5.76 Å². The van der Waals surface area contributed by atoms with E-state index in [1.54, 1.807) is 42.5 Å². The molecule has 7 nitrogen and oxygen atoms in total. The highest BCUT2D eigenvalue weighted by Crippen LogP contribution is 2.44. The van der Waals surface area contributed by atoms with Gasteiger partial charge in [-0.2, -0.15) is 0 Å². The van der Waals surface area contributed by atoms with Crippen LogP contribution in [-0.2, 0) is 16.1 Å². The molecule has 0 aliphatic carbocycles. The van der Waals surface area contributed by atoms with E-state index < -0.39 is 17.7 Å². The summed E-state index contributed by atoms with van der Waals surface area (Å²) >= 11 is 12.5.